The molecule has 0 unspecified atom stereocenters. The fraction of sp³-hybridized carbons (Fsp3) is 0.391. The maximum absolute atomic E-state index is 12.3. The molecule has 0 saturated carbocycles. The van der Waals surface area contributed by atoms with E-state index in [0.29, 0.717) is 47.5 Å². The van der Waals surface area contributed by atoms with Crippen molar-refractivity contribution < 1.29 is 28.5 Å². The van der Waals surface area contributed by atoms with Crippen molar-refractivity contribution in [3.8, 4) is 23.0 Å². The van der Waals surface area contributed by atoms with Crippen LogP contribution in [0.25, 0.3) is 0 Å². The predicted octanol–water partition coefficient (Wildman–Crippen LogP) is 4.49. The number of Topliss-reactive ketones (excluding diaryl/α,β-unsaturated/α-hetero) is 1. The number of benzene rings is 2. The van der Waals surface area contributed by atoms with Crippen LogP contribution in [-0.2, 0) is 4.79 Å². The Morgan fingerprint density at radius 3 is 2.10 bits per heavy atom. The van der Waals surface area contributed by atoms with E-state index >= 15 is 0 Å². The number of methoxy groups -OCH3 is 1. The minimum absolute atomic E-state index is 0.0787. The summed E-state index contributed by atoms with van der Waals surface area (Å²) in [6.07, 6.45) is 1.75. The molecule has 1 amide bonds. The van der Waals surface area contributed by atoms with Crippen molar-refractivity contribution in [3.05, 3.63) is 42.0 Å². The molecule has 0 atom stereocenters. The largest absolute Gasteiger partial charge is 0.493 e. The van der Waals surface area contributed by atoms with Gasteiger partial charge in [-0.2, -0.15) is 0 Å². The molecule has 0 saturated heterocycles. The van der Waals surface area contributed by atoms with Gasteiger partial charge in [-0.3, -0.25) is 9.59 Å². The zero-order chi connectivity index (χ0) is 21.9. The number of carbonyl (C=O) groups excluding carboxylic acids is 2. The van der Waals surface area contributed by atoms with E-state index in [4.69, 9.17) is 18.9 Å². The Morgan fingerprint density at radius 1 is 0.833 bits per heavy atom. The Kier molecular flexibility index (Phi) is 9.00. The second-order valence-electron chi connectivity index (χ2n) is 6.62. The predicted molar refractivity (Wildman–Crippen MR) is 115 cm³/mol. The van der Waals surface area contributed by atoms with Crippen LogP contribution >= 0.6 is 0 Å². The highest BCUT2D eigenvalue weighted by molar-refractivity contribution is 5.95. The van der Waals surface area contributed by atoms with Crippen LogP contribution in [0.5, 0.6) is 23.0 Å². The van der Waals surface area contributed by atoms with Crippen molar-refractivity contribution >= 4 is 17.4 Å². The van der Waals surface area contributed by atoms with E-state index in [-0.39, 0.29) is 18.3 Å². The van der Waals surface area contributed by atoms with E-state index in [2.05, 4.69) is 5.32 Å². The quantitative estimate of drug-likeness (QED) is 0.514. The first-order valence-electron chi connectivity index (χ1n) is 9.99. The Hall–Kier alpha value is -3.22. The monoisotopic (exact) mass is 415 g/mol. The third-order valence-corrected chi connectivity index (χ3v) is 4.08. The van der Waals surface area contributed by atoms with Gasteiger partial charge in [-0.15, -0.1) is 0 Å². The Morgan fingerprint density at radius 2 is 1.47 bits per heavy atom. The summed E-state index contributed by atoms with van der Waals surface area (Å²) >= 11 is 0. The average Bonchev–Trinajstić information content (AvgIpc) is 2.75. The molecule has 0 radical (unpaired) electrons. The molecule has 0 aliphatic rings. The molecule has 7 nitrogen and oxygen atoms in total. The minimum Gasteiger partial charge on any atom is -0.493 e. The first-order valence-corrected chi connectivity index (χ1v) is 9.99. The van der Waals surface area contributed by atoms with Gasteiger partial charge >= 0.3 is 0 Å². The number of ether oxygens (including phenoxy) is 4. The van der Waals surface area contributed by atoms with Gasteiger partial charge < -0.3 is 24.3 Å². The van der Waals surface area contributed by atoms with Crippen LogP contribution in [0.4, 0.5) is 5.69 Å². The van der Waals surface area contributed by atoms with Gasteiger partial charge in [0.1, 0.15) is 0 Å². The lowest BCUT2D eigenvalue weighted by Crippen LogP contribution is -2.20. The molecule has 0 aliphatic carbocycles. The lowest BCUT2D eigenvalue weighted by Gasteiger charge is -2.15. The van der Waals surface area contributed by atoms with Crippen molar-refractivity contribution in [1.29, 1.82) is 0 Å². The van der Waals surface area contributed by atoms with E-state index in [0.717, 1.165) is 12.8 Å². The SMILES string of the molecule is CCCOc1ccc(NC(=O)COc2ccc(C(C)=O)cc2OC)cc1OCCC. The second-order valence-corrected chi connectivity index (χ2v) is 6.62. The molecule has 0 aromatic heterocycles. The summed E-state index contributed by atoms with van der Waals surface area (Å²) in [5.41, 5.74) is 1.09. The normalized spacial score (nSPS) is 10.3. The summed E-state index contributed by atoms with van der Waals surface area (Å²) in [4.78, 5) is 23.8. The van der Waals surface area contributed by atoms with E-state index in [1.165, 1.54) is 14.0 Å². The standard InChI is InChI=1S/C23H29NO6/c1-5-11-28-20-10-8-18(14-22(20)29-12-6-2)24-23(26)15-30-19-9-7-17(16(3)25)13-21(19)27-4/h7-10,13-14H,5-6,11-12,15H2,1-4H3,(H,24,26). The average molecular weight is 415 g/mol. The highest BCUT2D eigenvalue weighted by Gasteiger charge is 2.12. The van der Waals surface area contributed by atoms with Crippen molar-refractivity contribution in [3.63, 3.8) is 0 Å². The van der Waals surface area contributed by atoms with Crippen LogP contribution in [0.3, 0.4) is 0 Å². The summed E-state index contributed by atoms with van der Waals surface area (Å²) in [6.45, 7) is 6.46. The molecule has 0 heterocycles. The first kappa shape index (κ1) is 23.1. The van der Waals surface area contributed by atoms with Crippen LogP contribution < -0.4 is 24.3 Å². The molecule has 0 bridgehead atoms. The highest BCUT2D eigenvalue weighted by atomic mass is 16.5. The fourth-order valence-corrected chi connectivity index (χ4v) is 2.59. The van der Waals surface area contributed by atoms with Crippen LogP contribution in [0.15, 0.2) is 36.4 Å². The number of hydrogen-bond donors (Lipinski definition) is 1. The van der Waals surface area contributed by atoms with Crippen molar-refractivity contribution in [1.82, 2.24) is 0 Å². The number of rotatable bonds is 12. The van der Waals surface area contributed by atoms with Crippen LogP contribution in [0.2, 0.25) is 0 Å². The Bertz CT molecular complexity index is 865. The van der Waals surface area contributed by atoms with Gasteiger partial charge in [0, 0.05) is 17.3 Å². The van der Waals surface area contributed by atoms with Gasteiger partial charge in [0.05, 0.1) is 20.3 Å². The number of hydrogen-bond acceptors (Lipinski definition) is 6. The van der Waals surface area contributed by atoms with E-state index < -0.39 is 0 Å². The second kappa shape index (κ2) is 11.7. The summed E-state index contributed by atoms with van der Waals surface area (Å²) in [5.74, 6) is 1.60. The highest BCUT2D eigenvalue weighted by Crippen LogP contribution is 2.31. The molecule has 7 heteroatoms. The van der Waals surface area contributed by atoms with Gasteiger partial charge in [-0.25, -0.2) is 0 Å². The summed E-state index contributed by atoms with van der Waals surface area (Å²) in [6, 6.07) is 10.1. The van der Waals surface area contributed by atoms with Gasteiger partial charge in [0.25, 0.3) is 5.91 Å². The van der Waals surface area contributed by atoms with Gasteiger partial charge in [-0.1, -0.05) is 13.8 Å². The van der Waals surface area contributed by atoms with Crippen LogP contribution in [0.1, 0.15) is 44.0 Å². The fourth-order valence-electron chi connectivity index (χ4n) is 2.59. The molecule has 162 valence electrons. The molecule has 0 aliphatic heterocycles. The smallest absolute Gasteiger partial charge is 0.262 e. The molecule has 2 rings (SSSR count). The summed E-state index contributed by atoms with van der Waals surface area (Å²) < 4.78 is 22.3. The van der Waals surface area contributed by atoms with E-state index in [1.807, 2.05) is 13.8 Å². The van der Waals surface area contributed by atoms with Gasteiger partial charge in [-0.05, 0) is 50.1 Å². The molecule has 2 aromatic carbocycles. The summed E-state index contributed by atoms with van der Waals surface area (Å²) in [5, 5.41) is 2.78. The van der Waals surface area contributed by atoms with Crippen molar-refractivity contribution in [2.75, 3.05) is 32.2 Å². The zero-order valence-electron chi connectivity index (χ0n) is 17.9. The van der Waals surface area contributed by atoms with Crippen LogP contribution in [-0.4, -0.2) is 38.6 Å². The van der Waals surface area contributed by atoms with Crippen molar-refractivity contribution in [2.45, 2.75) is 33.6 Å². The van der Waals surface area contributed by atoms with Gasteiger partial charge in [0.2, 0.25) is 0 Å². The third kappa shape index (κ3) is 6.69. The number of anilines is 1. The maximum Gasteiger partial charge on any atom is 0.262 e. The van der Waals surface area contributed by atoms with Crippen molar-refractivity contribution in [2.24, 2.45) is 0 Å². The molecule has 2 aromatic rings. The molecule has 30 heavy (non-hydrogen) atoms. The topological polar surface area (TPSA) is 83.1 Å². The van der Waals surface area contributed by atoms with E-state index in [1.54, 1.807) is 36.4 Å². The number of amides is 1. The number of ketones is 1. The molecular weight excluding hydrogens is 386 g/mol. The minimum atomic E-state index is -0.337. The maximum atomic E-state index is 12.3. The molecular formula is C23H29NO6. The molecule has 0 fully saturated rings. The number of carbonyl (C=O) groups is 2. The summed E-state index contributed by atoms with van der Waals surface area (Å²) in [7, 11) is 1.48. The van der Waals surface area contributed by atoms with Gasteiger partial charge in [0.15, 0.2) is 35.4 Å². The lowest BCUT2D eigenvalue weighted by molar-refractivity contribution is -0.118. The van der Waals surface area contributed by atoms with Crippen LogP contribution in [0, 0.1) is 0 Å². The molecule has 0 spiro atoms. The molecule has 1 N–H and O–H groups in total. The third-order valence-electron chi connectivity index (χ3n) is 4.08. The first-order chi connectivity index (χ1) is 14.5. The van der Waals surface area contributed by atoms with E-state index in [9.17, 15) is 9.59 Å². The number of nitrogens with one attached hydrogen (secondary N) is 1. The Labute approximate surface area is 177 Å². The Balaban J connectivity index is 2.02. The zero-order valence-corrected chi connectivity index (χ0v) is 17.9. The lowest BCUT2D eigenvalue weighted by atomic mass is 10.1.